The summed E-state index contributed by atoms with van der Waals surface area (Å²) in [5.41, 5.74) is 8.66. The maximum absolute atomic E-state index is 13.6. The summed E-state index contributed by atoms with van der Waals surface area (Å²) in [6.07, 6.45) is 12.2. The minimum Gasteiger partial charge on any atom is -0.496 e. The average molecular weight is 503 g/mol. The van der Waals surface area contributed by atoms with Crippen LogP contribution in [0.15, 0.2) is 42.8 Å². The maximum Gasteiger partial charge on any atom is 0.255 e. The number of fused-ring (bicyclic) bond motifs is 1. The largest absolute Gasteiger partial charge is 0.496 e. The molecule has 2 aliphatic rings. The molecule has 0 spiro atoms. The Morgan fingerprint density at radius 1 is 1.38 bits per heavy atom. The molecule has 3 N–H and O–H groups in total. The number of piperidine rings is 1. The number of nitriles is 1. The molecule has 37 heavy (non-hydrogen) atoms. The van der Waals surface area contributed by atoms with Crippen molar-refractivity contribution >= 4 is 28.3 Å². The molecule has 3 aromatic rings. The predicted molar refractivity (Wildman–Crippen MR) is 136 cm³/mol. The quantitative estimate of drug-likeness (QED) is 0.491. The molecule has 1 saturated heterocycles. The van der Waals surface area contributed by atoms with Gasteiger partial charge in [0.1, 0.15) is 29.4 Å². The van der Waals surface area contributed by atoms with Gasteiger partial charge in [-0.1, -0.05) is 18.2 Å². The van der Waals surface area contributed by atoms with Gasteiger partial charge in [0.15, 0.2) is 11.8 Å². The molecule has 1 aromatic carbocycles. The molecule has 1 fully saturated rings. The number of allylic oxidation sites excluding steroid dienone is 3. The fraction of sp³-hybridized carbons (Fsp3) is 0.346. The van der Waals surface area contributed by atoms with Crippen LogP contribution in [-0.4, -0.2) is 57.3 Å². The third kappa shape index (κ3) is 4.82. The third-order valence-electron chi connectivity index (χ3n) is 6.79. The van der Waals surface area contributed by atoms with Gasteiger partial charge in [0.2, 0.25) is 0 Å². The van der Waals surface area contributed by atoms with Crippen LogP contribution < -0.4 is 15.8 Å². The summed E-state index contributed by atoms with van der Waals surface area (Å²) in [6, 6.07) is 3.86. The molecule has 0 saturated carbocycles. The first-order valence-electron chi connectivity index (χ1n) is 12.1. The monoisotopic (exact) mass is 502 g/mol. The first kappa shape index (κ1) is 24.2. The number of amides is 1. The van der Waals surface area contributed by atoms with Crippen LogP contribution >= 0.6 is 0 Å². The lowest BCUT2D eigenvalue weighted by Gasteiger charge is -2.28. The number of anilines is 1. The lowest BCUT2D eigenvalue weighted by molar-refractivity contribution is 0.0946. The standard InChI is InChI=1S/C26H27FN8O2/c1-37-21-9-8-18(27)11-20(21)26(36)30-12-16-4-6-17(7-5-16)23-22-24(29)31-15-32-25(22)35(33-23)19-3-2-10-34(13-19)14-28/h4,6-9,11,15-16,19H,2-3,5,10,12-13H2,1H3,(H,30,36)(H2,29,31,32)/t16?,19-/m1/s1. The van der Waals surface area contributed by atoms with E-state index in [1.165, 1.54) is 31.6 Å². The van der Waals surface area contributed by atoms with Crippen molar-refractivity contribution in [3.8, 4) is 11.9 Å². The first-order chi connectivity index (χ1) is 18.0. The highest BCUT2D eigenvalue weighted by Gasteiger charge is 2.27. The van der Waals surface area contributed by atoms with Gasteiger partial charge in [-0.15, -0.1) is 0 Å². The van der Waals surface area contributed by atoms with Gasteiger partial charge in [-0.05, 0) is 49.0 Å². The highest BCUT2D eigenvalue weighted by molar-refractivity contribution is 5.98. The van der Waals surface area contributed by atoms with E-state index in [9.17, 15) is 14.4 Å². The van der Waals surface area contributed by atoms with Gasteiger partial charge in [0.05, 0.1) is 30.6 Å². The third-order valence-corrected chi connectivity index (χ3v) is 6.79. The fourth-order valence-corrected chi connectivity index (χ4v) is 4.87. The summed E-state index contributed by atoms with van der Waals surface area (Å²) in [7, 11) is 1.44. The molecule has 0 radical (unpaired) electrons. The summed E-state index contributed by atoms with van der Waals surface area (Å²) in [5.74, 6) is -0.172. The van der Waals surface area contributed by atoms with E-state index >= 15 is 0 Å². The number of nitrogens with two attached hydrogens (primary N) is 1. The molecule has 0 bridgehead atoms. The summed E-state index contributed by atoms with van der Waals surface area (Å²) in [4.78, 5) is 23.0. The Kier molecular flexibility index (Phi) is 6.72. The van der Waals surface area contributed by atoms with Gasteiger partial charge in [-0.25, -0.2) is 19.0 Å². The topological polar surface area (TPSA) is 135 Å². The molecule has 10 nitrogen and oxygen atoms in total. The second kappa shape index (κ2) is 10.3. The number of ether oxygens (including phenoxy) is 1. The first-order valence-corrected chi connectivity index (χ1v) is 12.1. The lowest BCUT2D eigenvalue weighted by atomic mass is 9.94. The van der Waals surface area contributed by atoms with Crippen LogP contribution in [0.2, 0.25) is 0 Å². The normalized spacial score (nSPS) is 19.4. The van der Waals surface area contributed by atoms with Crippen molar-refractivity contribution in [1.29, 1.82) is 5.26 Å². The highest BCUT2D eigenvalue weighted by Crippen LogP contribution is 2.34. The van der Waals surface area contributed by atoms with Crippen molar-refractivity contribution < 1.29 is 13.9 Å². The van der Waals surface area contributed by atoms with Gasteiger partial charge < -0.3 is 20.7 Å². The number of likely N-dealkylation sites (tertiary alicyclic amines) is 1. The lowest BCUT2D eigenvalue weighted by Crippen LogP contribution is -2.33. The number of nitrogen functional groups attached to an aromatic ring is 1. The van der Waals surface area contributed by atoms with Gasteiger partial charge in [0, 0.05) is 13.1 Å². The second-order valence-electron chi connectivity index (χ2n) is 9.16. The SMILES string of the molecule is COc1ccc(F)cc1C(=O)NCC1C=CC(c2nn([C@@H]3CCCN(C#N)C3)c3ncnc(N)c23)=CC1. The Labute approximate surface area is 213 Å². The van der Waals surface area contributed by atoms with E-state index in [1.807, 2.05) is 16.8 Å². The number of rotatable bonds is 6. The van der Waals surface area contributed by atoms with Crippen LogP contribution in [-0.2, 0) is 0 Å². The molecule has 3 heterocycles. The minimum absolute atomic E-state index is 0.00916. The smallest absolute Gasteiger partial charge is 0.255 e. The number of aromatic nitrogens is 4. The molecule has 190 valence electrons. The number of benzene rings is 1. The van der Waals surface area contributed by atoms with E-state index in [0.29, 0.717) is 47.8 Å². The zero-order valence-corrected chi connectivity index (χ0v) is 20.4. The molecule has 2 aromatic heterocycles. The number of hydrogen-bond acceptors (Lipinski definition) is 8. The van der Waals surface area contributed by atoms with Crippen molar-refractivity contribution in [2.75, 3.05) is 32.5 Å². The molecule has 1 amide bonds. The fourth-order valence-electron chi connectivity index (χ4n) is 4.87. The van der Waals surface area contributed by atoms with E-state index in [1.54, 1.807) is 4.90 Å². The number of carbonyl (C=O) groups excluding carboxylic acids is 1. The summed E-state index contributed by atoms with van der Waals surface area (Å²) in [6.45, 7) is 1.70. The number of nitrogens with one attached hydrogen (secondary N) is 1. The van der Waals surface area contributed by atoms with Crippen molar-refractivity contribution in [3.05, 3.63) is 59.8 Å². The summed E-state index contributed by atoms with van der Waals surface area (Å²) in [5, 5.41) is 17.8. The Balaban J connectivity index is 1.33. The van der Waals surface area contributed by atoms with Crippen molar-refractivity contribution in [3.63, 3.8) is 0 Å². The molecule has 1 unspecified atom stereocenters. The van der Waals surface area contributed by atoms with Crippen molar-refractivity contribution in [2.24, 2.45) is 5.92 Å². The van der Waals surface area contributed by atoms with Crippen LogP contribution in [0.4, 0.5) is 10.2 Å². The van der Waals surface area contributed by atoms with Gasteiger partial charge in [-0.2, -0.15) is 10.4 Å². The van der Waals surface area contributed by atoms with E-state index < -0.39 is 11.7 Å². The second-order valence-corrected chi connectivity index (χ2v) is 9.16. The van der Waals surface area contributed by atoms with E-state index in [0.717, 1.165) is 25.0 Å². The van der Waals surface area contributed by atoms with Gasteiger partial charge in [0.25, 0.3) is 5.91 Å². The minimum atomic E-state index is -0.500. The molecule has 1 aliphatic heterocycles. The Bertz CT molecular complexity index is 1440. The van der Waals surface area contributed by atoms with E-state index in [-0.39, 0.29) is 17.5 Å². The summed E-state index contributed by atoms with van der Waals surface area (Å²) >= 11 is 0. The Hall–Kier alpha value is -4.46. The molecule has 2 atom stereocenters. The molecular formula is C26H27FN8O2. The van der Waals surface area contributed by atoms with Crippen LogP contribution in [0.25, 0.3) is 16.6 Å². The Morgan fingerprint density at radius 2 is 2.24 bits per heavy atom. The predicted octanol–water partition coefficient (Wildman–Crippen LogP) is 3.06. The zero-order chi connectivity index (χ0) is 25.9. The van der Waals surface area contributed by atoms with Gasteiger partial charge >= 0.3 is 0 Å². The highest BCUT2D eigenvalue weighted by atomic mass is 19.1. The van der Waals surface area contributed by atoms with Crippen LogP contribution in [0.1, 0.15) is 41.4 Å². The average Bonchev–Trinajstić information content (AvgIpc) is 3.33. The van der Waals surface area contributed by atoms with E-state index in [2.05, 4.69) is 27.6 Å². The van der Waals surface area contributed by atoms with Crippen molar-refractivity contribution in [2.45, 2.75) is 25.3 Å². The number of halogens is 1. The maximum atomic E-state index is 13.6. The molecule has 1 aliphatic carbocycles. The number of methoxy groups -OCH3 is 1. The molecule has 5 rings (SSSR count). The molecular weight excluding hydrogens is 475 g/mol. The van der Waals surface area contributed by atoms with Crippen molar-refractivity contribution in [1.82, 2.24) is 30.0 Å². The van der Waals surface area contributed by atoms with Gasteiger partial charge in [-0.3, -0.25) is 4.79 Å². The van der Waals surface area contributed by atoms with Crippen LogP contribution in [0.5, 0.6) is 5.75 Å². The number of nitrogens with zero attached hydrogens (tertiary/aromatic N) is 6. The summed E-state index contributed by atoms with van der Waals surface area (Å²) < 4.78 is 20.7. The number of hydrogen-bond donors (Lipinski definition) is 2. The van der Waals surface area contributed by atoms with Crippen LogP contribution in [0, 0.1) is 23.2 Å². The molecule has 11 heteroatoms. The Morgan fingerprint density at radius 3 is 3.00 bits per heavy atom. The zero-order valence-electron chi connectivity index (χ0n) is 20.4. The van der Waals surface area contributed by atoms with E-state index in [4.69, 9.17) is 15.6 Å². The van der Waals surface area contributed by atoms with Crippen LogP contribution in [0.3, 0.4) is 0 Å². The number of carbonyl (C=O) groups is 1.